The molecule has 0 unspecified atom stereocenters. The van der Waals surface area contributed by atoms with E-state index in [9.17, 15) is 17.2 Å². The molecular weight excluding hydrogens is 410 g/mol. The van der Waals surface area contributed by atoms with Gasteiger partial charge >= 0.3 is 0 Å². The molecule has 0 radical (unpaired) electrons. The van der Waals surface area contributed by atoms with E-state index in [0.717, 1.165) is 35.0 Å². The minimum Gasteiger partial charge on any atom is -0.454 e. The average molecular weight is 428 g/mol. The molecule has 5 nitrogen and oxygen atoms in total. The van der Waals surface area contributed by atoms with Crippen molar-refractivity contribution in [3.63, 3.8) is 0 Å². The Morgan fingerprint density at radius 1 is 1.00 bits per heavy atom. The first-order chi connectivity index (χ1) is 14.2. The number of nitrogens with one attached hydrogen (secondary N) is 1. The zero-order valence-corrected chi connectivity index (χ0v) is 17.1. The van der Waals surface area contributed by atoms with Crippen LogP contribution in [0, 0.1) is 18.6 Å². The second kappa shape index (κ2) is 7.53. The Bertz CT molecular complexity index is 1360. The Morgan fingerprint density at radius 3 is 2.50 bits per heavy atom. The van der Waals surface area contributed by atoms with E-state index in [4.69, 9.17) is 4.74 Å². The summed E-state index contributed by atoms with van der Waals surface area (Å²) in [6, 6.07) is 11.7. The number of sulfone groups is 1. The third kappa shape index (κ3) is 4.18. The molecule has 0 spiro atoms. The van der Waals surface area contributed by atoms with E-state index in [1.54, 1.807) is 24.4 Å². The van der Waals surface area contributed by atoms with Crippen molar-refractivity contribution < 1.29 is 21.9 Å². The van der Waals surface area contributed by atoms with E-state index in [2.05, 4.69) is 9.97 Å². The van der Waals surface area contributed by atoms with Gasteiger partial charge in [0.05, 0.1) is 5.75 Å². The second-order valence-corrected chi connectivity index (χ2v) is 9.27. The SMILES string of the molecule is Cc1cc(-c2cc(CS(C)(=O)=O)ccc2Oc2ccc(F)cc2F)c2cc[nH]c2n1. The Labute approximate surface area is 172 Å². The van der Waals surface area contributed by atoms with Gasteiger partial charge in [0.2, 0.25) is 0 Å². The zero-order chi connectivity index (χ0) is 21.5. The Balaban J connectivity index is 1.90. The summed E-state index contributed by atoms with van der Waals surface area (Å²) in [4.78, 5) is 7.51. The molecule has 4 aromatic rings. The lowest BCUT2D eigenvalue weighted by Crippen LogP contribution is -2.01. The van der Waals surface area contributed by atoms with Gasteiger partial charge in [-0.05, 0) is 54.4 Å². The molecule has 0 amide bonds. The molecule has 0 saturated carbocycles. The lowest BCUT2D eigenvalue weighted by atomic mass is 9.99. The summed E-state index contributed by atoms with van der Waals surface area (Å²) in [5.41, 5.74) is 3.31. The van der Waals surface area contributed by atoms with Crippen molar-refractivity contribution in [3.05, 3.63) is 77.6 Å². The Kier molecular flexibility index (Phi) is 5.03. The molecule has 4 rings (SSSR count). The maximum atomic E-state index is 14.2. The smallest absolute Gasteiger partial charge is 0.168 e. The fraction of sp³-hybridized carbons (Fsp3) is 0.136. The topological polar surface area (TPSA) is 72.1 Å². The number of H-pyrrole nitrogens is 1. The van der Waals surface area contributed by atoms with Gasteiger partial charge in [0.25, 0.3) is 0 Å². The highest BCUT2D eigenvalue weighted by molar-refractivity contribution is 7.89. The summed E-state index contributed by atoms with van der Waals surface area (Å²) < 4.78 is 56.8. The number of aryl methyl sites for hydroxylation is 1. The van der Waals surface area contributed by atoms with E-state index in [0.29, 0.717) is 22.5 Å². The van der Waals surface area contributed by atoms with Crippen LogP contribution in [0.3, 0.4) is 0 Å². The summed E-state index contributed by atoms with van der Waals surface area (Å²) in [5.74, 6) is -1.51. The zero-order valence-electron chi connectivity index (χ0n) is 16.2. The predicted octanol–water partition coefficient (Wildman–Crippen LogP) is 5.15. The van der Waals surface area contributed by atoms with Gasteiger partial charge in [0.15, 0.2) is 21.4 Å². The number of fused-ring (bicyclic) bond motifs is 1. The van der Waals surface area contributed by atoms with E-state index in [1.807, 2.05) is 19.1 Å². The maximum Gasteiger partial charge on any atom is 0.168 e. The minimum atomic E-state index is -3.26. The van der Waals surface area contributed by atoms with Crippen molar-refractivity contribution in [2.75, 3.05) is 6.26 Å². The quantitative estimate of drug-likeness (QED) is 0.477. The number of rotatable bonds is 5. The molecule has 8 heteroatoms. The van der Waals surface area contributed by atoms with Crippen molar-refractivity contribution in [2.24, 2.45) is 0 Å². The number of halogens is 2. The van der Waals surface area contributed by atoms with Gasteiger partial charge in [-0.3, -0.25) is 0 Å². The summed E-state index contributed by atoms with van der Waals surface area (Å²) in [5, 5.41) is 0.807. The van der Waals surface area contributed by atoms with Gasteiger partial charge in [-0.25, -0.2) is 22.2 Å². The Hall–Kier alpha value is -3.26. The molecule has 1 N–H and O–H groups in total. The van der Waals surface area contributed by atoms with Crippen molar-refractivity contribution in [1.29, 1.82) is 0 Å². The molecule has 2 aromatic heterocycles. The van der Waals surface area contributed by atoms with Crippen LogP contribution >= 0.6 is 0 Å². The standard InChI is InChI=1S/C22H18F2N2O3S/c1-13-9-17(16-7-8-25-22(16)26-13)18-10-14(12-30(2,27)28)3-5-20(18)29-21-6-4-15(23)11-19(21)24/h3-11H,12H2,1-2H3,(H,25,26). The monoisotopic (exact) mass is 428 g/mol. The van der Waals surface area contributed by atoms with E-state index >= 15 is 0 Å². The first kappa shape index (κ1) is 20.0. The lowest BCUT2D eigenvalue weighted by Gasteiger charge is -2.15. The molecule has 30 heavy (non-hydrogen) atoms. The van der Waals surface area contributed by atoms with Crippen LogP contribution in [0.25, 0.3) is 22.2 Å². The summed E-state index contributed by atoms with van der Waals surface area (Å²) in [6.45, 7) is 1.84. The molecule has 2 heterocycles. The third-order valence-corrected chi connectivity index (χ3v) is 5.39. The maximum absolute atomic E-state index is 14.2. The Morgan fingerprint density at radius 2 is 1.77 bits per heavy atom. The molecule has 0 aliphatic carbocycles. The van der Waals surface area contributed by atoms with Crippen molar-refractivity contribution in [2.45, 2.75) is 12.7 Å². The number of aromatic amines is 1. The molecular formula is C22H18F2N2O3S. The highest BCUT2D eigenvalue weighted by atomic mass is 32.2. The van der Waals surface area contributed by atoms with Crippen LogP contribution in [0.5, 0.6) is 11.5 Å². The fourth-order valence-electron chi connectivity index (χ4n) is 3.33. The average Bonchev–Trinajstić information content (AvgIpc) is 3.11. The van der Waals surface area contributed by atoms with Crippen LogP contribution in [-0.2, 0) is 15.6 Å². The van der Waals surface area contributed by atoms with E-state index in [1.165, 1.54) is 6.07 Å². The largest absolute Gasteiger partial charge is 0.454 e. The number of benzene rings is 2. The molecule has 0 bridgehead atoms. The van der Waals surface area contributed by atoms with Crippen molar-refractivity contribution in [1.82, 2.24) is 9.97 Å². The molecule has 0 atom stereocenters. The summed E-state index contributed by atoms with van der Waals surface area (Å²) >= 11 is 0. The second-order valence-electron chi connectivity index (χ2n) is 7.13. The third-order valence-electron chi connectivity index (χ3n) is 4.53. The number of aromatic nitrogens is 2. The van der Waals surface area contributed by atoms with Crippen molar-refractivity contribution >= 4 is 20.9 Å². The van der Waals surface area contributed by atoms with Gasteiger partial charge in [-0.1, -0.05) is 6.07 Å². The van der Waals surface area contributed by atoms with Crippen LogP contribution < -0.4 is 4.74 Å². The number of nitrogens with zero attached hydrogens (tertiary/aromatic N) is 1. The molecule has 0 aliphatic rings. The van der Waals surface area contributed by atoms with Gasteiger partial charge in [-0.2, -0.15) is 0 Å². The highest BCUT2D eigenvalue weighted by Gasteiger charge is 2.17. The van der Waals surface area contributed by atoms with Crippen LogP contribution in [0.2, 0.25) is 0 Å². The first-order valence-corrected chi connectivity index (χ1v) is 11.1. The first-order valence-electron chi connectivity index (χ1n) is 9.08. The molecule has 154 valence electrons. The van der Waals surface area contributed by atoms with E-state index < -0.39 is 21.5 Å². The number of ether oxygens (including phenoxy) is 1. The number of hydrogen-bond acceptors (Lipinski definition) is 4. The highest BCUT2D eigenvalue weighted by Crippen LogP contribution is 2.38. The van der Waals surface area contributed by atoms with Gasteiger partial charge in [0.1, 0.15) is 17.2 Å². The fourth-order valence-corrected chi connectivity index (χ4v) is 4.12. The summed E-state index contributed by atoms with van der Waals surface area (Å²) in [7, 11) is -3.26. The van der Waals surface area contributed by atoms with Gasteiger partial charge in [0, 0.05) is 35.2 Å². The van der Waals surface area contributed by atoms with Crippen LogP contribution in [0.1, 0.15) is 11.3 Å². The van der Waals surface area contributed by atoms with Crippen LogP contribution in [0.15, 0.2) is 54.7 Å². The van der Waals surface area contributed by atoms with Crippen LogP contribution in [0.4, 0.5) is 8.78 Å². The summed E-state index contributed by atoms with van der Waals surface area (Å²) in [6.07, 6.45) is 2.91. The molecule has 2 aromatic carbocycles. The normalized spacial score (nSPS) is 11.7. The minimum absolute atomic E-state index is 0.135. The molecule has 0 saturated heterocycles. The predicted molar refractivity (Wildman–Crippen MR) is 111 cm³/mol. The van der Waals surface area contributed by atoms with Crippen LogP contribution in [-0.4, -0.2) is 24.6 Å². The number of pyridine rings is 1. The molecule has 0 fully saturated rings. The van der Waals surface area contributed by atoms with Gasteiger partial charge < -0.3 is 9.72 Å². The van der Waals surface area contributed by atoms with Gasteiger partial charge in [-0.15, -0.1) is 0 Å². The molecule has 0 aliphatic heterocycles. The van der Waals surface area contributed by atoms with Crippen molar-refractivity contribution in [3.8, 4) is 22.6 Å². The lowest BCUT2D eigenvalue weighted by molar-refractivity contribution is 0.439. The number of hydrogen-bond donors (Lipinski definition) is 1. The van der Waals surface area contributed by atoms with E-state index in [-0.39, 0.29) is 11.5 Å².